The monoisotopic (exact) mass is 289 g/mol. The molecule has 0 saturated heterocycles. The summed E-state index contributed by atoms with van der Waals surface area (Å²) in [4.78, 5) is 17.8. The molecule has 0 aliphatic heterocycles. The van der Waals surface area contributed by atoms with Gasteiger partial charge >= 0.3 is 5.97 Å². The van der Waals surface area contributed by atoms with Gasteiger partial charge < -0.3 is 9.47 Å². The third kappa shape index (κ3) is 2.93. The first-order chi connectivity index (χ1) is 9.67. The molecule has 1 aromatic carbocycles. The largest absolute Gasteiger partial charge is 0.494 e. The number of methoxy groups -OCH3 is 2. The Labute approximate surface area is 122 Å². The molecule has 0 unspecified atom stereocenters. The van der Waals surface area contributed by atoms with E-state index in [-0.39, 0.29) is 5.69 Å². The molecule has 20 heavy (non-hydrogen) atoms. The molecule has 104 valence electrons. The molecule has 1 heterocycles. The van der Waals surface area contributed by atoms with Gasteiger partial charge in [-0.3, -0.25) is 0 Å². The first-order valence-corrected chi connectivity index (χ1v) is 6.83. The molecule has 0 bridgehead atoms. The van der Waals surface area contributed by atoms with Gasteiger partial charge in [0, 0.05) is 21.6 Å². The van der Waals surface area contributed by atoms with Crippen LogP contribution in [0.5, 0.6) is 5.75 Å². The second-order valence-electron chi connectivity index (χ2n) is 4.04. The van der Waals surface area contributed by atoms with E-state index in [4.69, 9.17) is 9.47 Å². The van der Waals surface area contributed by atoms with Gasteiger partial charge in [-0.1, -0.05) is 30.0 Å². The molecule has 0 aliphatic rings. The normalized spacial score (nSPS) is 10.2. The van der Waals surface area contributed by atoms with Gasteiger partial charge in [-0.2, -0.15) is 0 Å². The van der Waals surface area contributed by atoms with Gasteiger partial charge in [0.05, 0.1) is 14.2 Å². The molecule has 0 amide bonds. The summed E-state index contributed by atoms with van der Waals surface area (Å²) in [6.07, 6.45) is 1.67. The van der Waals surface area contributed by atoms with E-state index in [9.17, 15) is 4.79 Å². The maximum absolute atomic E-state index is 11.6. The SMILES string of the molecule is COC(=O)c1ncc(Sc2ccccc2)c(C)c1OC. The average Bonchev–Trinajstić information content (AvgIpc) is 2.49. The number of ether oxygens (including phenoxy) is 2. The van der Waals surface area contributed by atoms with Gasteiger partial charge in [0.2, 0.25) is 0 Å². The molecule has 2 aromatic rings. The molecule has 4 nitrogen and oxygen atoms in total. The third-order valence-electron chi connectivity index (χ3n) is 2.79. The highest BCUT2D eigenvalue weighted by Gasteiger charge is 2.19. The Balaban J connectivity index is 2.39. The van der Waals surface area contributed by atoms with E-state index in [1.165, 1.54) is 14.2 Å². The smallest absolute Gasteiger partial charge is 0.360 e. The van der Waals surface area contributed by atoms with Crippen LogP contribution < -0.4 is 4.74 Å². The topological polar surface area (TPSA) is 48.4 Å². The number of carbonyl (C=O) groups is 1. The maximum atomic E-state index is 11.6. The highest BCUT2D eigenvalue weighted by atomic mass is 32.2. The Morgan fingerprint density at radius 2 is 1.90 bits per heavy atom. The van der Waals surface area contributed by atoms with Crippen LogP contribution in [0.3, 0.4) is 0 Å². The molecule has 2 rings (SSSR count). The van der Waals surface area contributed by atoms with Crippen molar-refractivity contribution in [2.45, 2.75) is 16.7 Å². The summed E-state index contributed by atoms with van der Waals surface area (Å²) in [5, 5.41) is 0. The molecule has 0 spiro atoms. The van der Waals surface area contributed by atoms with Crippen molar-refractivity contribution < 1.29 is 14.3 Å². The van der Waals surface area contributed by atoms with Crippen LogP contribution in [-0.2, 0) is 4.74 Å². The van der Waals surface area contributed by atoms with Gasteiger partial charge in [0.1, 0.15) is 0 Å². The first kappa shape index (κ1) is 14.4. The van der Waals surface area contributed by atoms with Crippen LogP contribution in [0.25, 0.3) is 0 Å². The fourth-order valence-corrected chi connectivity index (χ4v) is 2.68. The Kier molecular flexibility index (Phi) is 4.63. The van der Waals surface area contributed by atoms with Crippen LogP contribution in [0.4, 0.5) is 0 Å². The van der Waals surface area contributed by atoms with Crippen molar-refractivity contribution in [3.05, 3.63) is 47.8 Å². The summed E-state index contributed by atoms with van der Waals surface area (Å²) >= 11 is 1.58. The third-order valence-corrected chi connectivity index (χ3v) is 3.93. The van der Waals surface area contributed by atoms with Crippen LogP contribution in [0.1, 0.15) is 16.1 Å². The van der Waals surface area contributed by atoms with Crippen molar-refractivity contribution in [2.75, 3.05) is 14.2 Å². The summed E-state index contributed by atoms with van der Waals surface area (Å²) in [6.45, 7) is 1.90. The lowest BCUT2D eigenvalue weighted by atomic mass is 10.2. The zero-order valence-corrected chi connectivity index (χ0v) is 12.4. The molecule has 1 aromatic heterocycles. The fourth-order valence-electron chi connectivity index (χ4n) is 1.78. The Morgan fingerprint density at radius 3 is 2.50 bits per heavy atom. The van der Waals surface area contributed by atoms with E-state index < -0.39 is 5.97 Å². The number of pyridine rings is 1. The average molecular weight is 289 g/mol. The molecule has 0 radical (unpaired) electrons. The van der Waals surface area contributed by atoms with E-state index in [0.29, 0.717) is 5.75 Å². The molecule has 0 aliphatic carbocycles. The van der Waals surface area contributed by atoms with Crippen LogP contribution >= 0.6 is 11.8 Å². The molecule has 0 fully saturated rings. The zero-order valence-electron chi connectivity index (χ0n) is 11.5. The molecular weight excluding hydrogens is 274 g/mol. The van der Waals surface area contributed by atoms with Crippen LogP contribution in [0.2, 0.25) is 0 Å². The second kappa shape index (κ2) is 6.43. The number of carbonyl (C=O) groups excluding carboxylic acids is 1. The fraction of sp³-hybridized carbons (Fsp3) is 0.200. The lowest BCUT2D eigenvalue weighted by molar-refractivity contribution is 0.0589. The highest BCUT2D eigenvalue weighted by Crippen LogP contribution is 2.35. The molecule has 0 atom stereocenters. The number of hydrogen-bond acceptors (Lipinski definition) is 5. The number of nitrogens with zero attached hydrogens (tertiary/aromatic N) is 1. The van der Waals surface area contributed by atoms with Crippen LogP contribution in [-0.4, -0.2) is 25.2 Å². The predicted octanol–water partition coefficient (Wildman–Crippen LogP) is 3.34. The number of rotatable bonds is 4. The zero-order chi connectivity index (χ0) is 14.5. The van der Waals surface area contributed by atoms with Crippen molar-refractivity contribution in [3.63, 3.8) is 0 Å². The van der Waals surface area contributed by atoms with Gasteiger partial charge in [0.25, 0.3) is 0 Å². The van der Waals surface area contributed by atoms with Crippen molar-refractivity contribution in [1.29, 1.82) is 0 Å². The summed E-state index contributed by atoms with van der Waals surface area (Å²) in [5.41, 5.74) is 1.07. The second-order valence-corrected chi connectivity index (χ2v) is 5.15. The predicted molar refractivity (Wildman–Crippen MR) is 77.4 cm³/mol. The van der Waals surface area contributed by atoms with Crippen molar-refractivity contribution in [2.24, 2.45) is 0 Å². The van der Waals surface area contributed by atoms with E-state index in [1.807, 2.05) is 37.3 Å². The number of aromatic nitrogens is 1. The lowest BCUT2D eigenvalue weighted by Gasteiger charge is -2.12. The minimum atomic E-state index is -0.499. The van der Waals surface area contributed by atoms with E-state index >= 15 is 0 Å². The van der Waals surface area contributed by atoms with E-state index in [1.54, 1.807) is 18.0 Å². The van der Waals surface area contributed by atoms with Gasteiger partial charge in [-0.15, -0.1) is 0 Å². The Morgan fingerprint density at radius 1 is 1.20 bits per heavy atom. The highest BCUT2D eigenvalue weighted by molar-refractivity contribution is 7.99. The van der Waals surface area contributed by atoms with E-state index in [0.717, 1.165) is 15.4 Å². The minimum absolute atomic E-state index is 0.199. The summed E-state index contributed by atoms with van der Waals surface area (Å²) in [6, 6.07) is 9.96. The van der Waals surface area contributed by atoms with Gasteiger partial charge in [0.15, 0.2) is 11.4 Å². The van der Waals surface area contributed by atoms with Gasteiger partial charge in [-0.25, -0.2) is 9.78 Å². The lowest BCUT2D eigenvalue weighted by Crippen LogP contribution is -2.08. The molecule has 0 saturated carbocycles. The standard InChI is InChI=1S/C15H15NO3S/c1-10-12(20-11-7-5-4-6-8-11)9-16-13(14(10)18-2)15(17)19-3/h4-9H,1-3H3. The van der Waals surface area contributed by atoms with Crippen molar-refractivity contribution in [1.82, 2.24) is 4.98 Å². The summed E-state index contributed by atoms with van der Waals surface area (Å²) < 4.78 is 10.0. The molecular formula is C15H15NO3S. The van der Waals surface area contributed by atoms with Crippen molar-refractivity contribution >= 4 is 17.7 Å². The van der Waals surface area contributed by atoms with Gasteiger partial charge in [-0.05, 0) is 19.1 Å². The summed E-state index contributed by atoms with van der Waals surface area (Å²) in [5.74, 6) is -0.0426. The summed E-state index contributed by atoms with van der Waals surface area (Å²) in [7, 11) is 2.85. The van der Waals surface area contributed by atoms with Crippen LogP contribution in [0, 0.1) is 6.92 Å². The van der Waals surface area contributed by atoms with Crippen molar-refractivity contribution in [3.8, 4) is 5.75 Å². The first-order valence-electron chi connectivity index (χ1n) is 6.02. The Hall–Kier alpha value is -2.01. The molecule has 0 N–H and O–H groups in total. The number of benzene rings is 1. The number of esters is 1. The number of hydrogen-bond donors (Lipinski definition) is 0. The quantitative estimate of drug-likeness (QED) is 0.808. The van der Waals surface area contributed by atoms with Crippen LogP contribution in [0.15, 0.2) is 46.3 Å². The minimum Gasteiger partial charge on any atom is -0.494 e. The van der Waals surface area contributed by atoms with E-state index in [2.05, 4.69) is 4.98 Å². The Bertz CT molecular complexity index is 614. The maximum Gasteiger partial charge on any atom is 0.360 e. The molecule has 5 heteroatoms.